The molecule has 2 aromatic heterocycles. The highest BCUT2D eigenvalue weighted by Gasteiger charge is 2.26. The van der Waals surface area contributed by atoms with Gasteiger partial charge in [0.05, 0.1) is 12.8 Å². The predicted molar refractivity (Wildman–Crippen MR) is 99.3 cm³/mol. The largest absolute Gasteiger partial charge is 0.459 e. The second-order valence-corrected chi connectivity index (χ2v) is 6.07. The number of rotatable bonds is 6. The van der Waals surface area contributed by atoms with Crippen LogP contribution in [0.4, 0.5) is 10.7 Å². The minimum atomic E-state index is -0.547. The van der Waals surface area contributed by atoms with Crippen LogP contribution in [0.5, 0.6) is 0 Å². The number of urea groups is 1. The number of aromatic nitrogens is 1. The van der Waals surface area contributed by atoms with E-state index in [0.717, 1.165) is 0 Å². The summed E-state index contributed by atoms with van der Waals surface area (Å²) in [5.41, 5.74) is 0.191. The second-order valence-electron chi connectivity index (χ2n) is 6.07. The van der Waals surface area contributed by atoms with Crippen LogP contribution < -0.4 is 15.5 Å². The van der Waals surface area contributed by atoms with Gasteiger partial charge in [0.15, 0.2) is 5.76 Å². The molecule has 0 bridgehead atoms. The van der Waals surface area contributed by atoms with Gasteiger partial charge in [-0.25, -0.2) is 4.79 Å². The number of carbonyl (C=O) groups excluding carboxylic acids is 2. The van der Waals surface area contributed by atoms with Gasteiger partial charge in [0.25, 0.3) is 5.89 Å². The standard InChI is InChI=1S/C18H20N6O4/c1-2-5-20-18(26)22-15(25)12-23-6-8-24(9-7-23)17-13(11-19)21-16(28-17)14-4-3-10-27-14/h2-4,10H,1,5-9,12H2,(H2,20,22,25,26). The van der Waals surface area contributed by atoms with E-state index in [4.69, 9.17) is 8.83 Å². The molecule has 1 saturated heterocycles. The Hall–Kier alpha value is -3.58. The lowest BCUT2D eigenvalue weighted by molar-refractivity contribution is -0.121. The molecule has 1 aliphatic heterocycles. The van der Waals surface area contributed by atoms with E-state index in [1.54, 1.807) is 12.1 Å². The lowest BCUT2D eigenvalue weighted by Crippen LogP contribution is -2.51. The van der Waals surface area contributed by atoms with Crippen LogP contribution in [0.1, 0.15) is 5.69 Å². The Morgan fingerprint density at radius 3 is 2.79 bits per heavy atom. The Morgan fingerprint density at radius 2 is 2.14 bits per heavy atom. The number of hydrogen-bond acceptors (Lipinski definition) is 8. The Labute approximate surface area is 161 Å². The number of nitrogens with one attached hydrogen (secondary N) is 2. The van der Waals surface area contributed by atoms with E-state index in [1.165, 1.54) is 12.3 Å². The van der Waals surface area contributed by atoms with Gasteiger partial charge in [-0.3, -0.25) is 15.0 Å². The van der Waals surface area contributed by atoms with Crippen molar-refractivity contribution < 1.29 is 18.4 Å². The van der Waals surface area contributed by atoms with E-state index in [-0.39, 0.29) is 30.6 Å². The molecule has 3 rings (SSSR count). The number of nitrogens with zero attached hydrogens (tertiary/aromatic N) is 4. The van der Waals surface area contributed by atoms with Gasteiger partial charge < -0.3 is 19.1 Å². The smallest absolute Gasteiger partial charge is 0.321 e. The van der Waals surface area contributed by atoms with Crippen molar-refractivity contribution in [3.05, 3.63) is 36.7 Å². The first-order chi connectivity index (χ1) is 13.6. The summed E-state index contributed by atoms with van der Waals surface area (Å²) >= 11 is 0. The molecule has 10 heteroatoms. The summed E-state index contributed by atoms with van der Waals surface area (Å²) in [4.78, 5) is 31.4. The Morgan fingerprint density at radius 1 is 1.36 bits per heavy atom. The minimum Gasteiger partial charge on any atom is -0.459 e. The summed E-state index contributed by atoms with van der Waals surface area (Å²) in [7, 11) is 0. The quantitative estimate of drug-likeness (QED) is 0.705. The molecular formula is C18H20N6O4. The molecular weight excluding hydrogens is 364 g/mol. The van der Waals surface area contributed by atoms with E-state index in [1.807, 2.05) is 15.9 Å². The van der Waals surface area contributed by atoms with Crippen molar-refractivity contribution in [1.29, 1.82) is 5.26 Å². The lowest BCUT2D eigenvalue weighted by Gasteiger charge is -2.33. The van der Waals surface area contributed by atoms with Crippen LogP contribution in [0.25, 0.3) is 11.7 Å². The highest BCUT2D eigenvalue weighted by Crippen LogP contribution is 2.28. The summed E-state index contributed by atoms with van der Waals surface area (Å²) in [6.07, 6.45) is 3.03. The number of amides is 3. The van der Waals surface area contributed by atoms with Gasteiger partial charge in [-0.15, -0.1) is 6.58 Å². The van der Waals surface area contributed by atoms with Crippen molar-refractivity contribution in [2.45, 2.75) is 0 Å². The van der Waals surface area contributed by atoms with Gasteiger partial charge in [-0.1, -0.05) is 6.08 Å². The molecule has 3 amide bonds. The maximum absolute atomic E-state index is 11.9. The Bertz CT molecular complexity index is 875. The van der Waals surface area contributed by atoms with Crippen molar-refractivity contribution in [2.75, 3.05) is 44.2 Å². The van der Waals surface area contributed by atoms with Crippen LogP contribution in [0, 0.1) is 11.3 Å². The highest BCUT2D eigenvalue weighted by atomic mass is 16.4. The fourth-order valence-corrected chi connectivity index (χ4v) is 2.79. The molecule has 10 nitrogen and oxygen atoms in total. The zero-order valence-electron chi connectivity index (χ0n) is 15.2. The number of hydrogen-bond donors (Lipinski definition) is 2. The van der Waals surface area contributed by atoms with Crippen LogP contribution in [0.2, 0.25) is 0 Å². The zero-order valence-corrected chi connectivity index (χ0v) is 15.2. The average Bonchev–Trinajstić information content (AvgIpc) is 3.36. The fraction of sp³-hybridized carbons (Fsp3) is 0.333. The molecule has 3 heterocycles. The first kappa shape index (κ1) is 19.2. The number of anilines is 1. The number of piperazine rings is 1. The molecule has 1 aliphatic rings. The summed E-state index contributed by atoms with van der Waals surface area (Å²) < 4.78 is 11.0. The monoisotopic (exact) mass is 384 g/mol. The number of carbonyl (C=O) groups is 2. The van der Waals surface area contributed by atoms with E-state index in [0.29, 0.717) is 37.8 Å². The van der Waals surface area contributed by atoms with E-state index in [9.17, 15) is 14.9 Å². The summed E-state index contributed by atoms with van der Waals surface area (Å²) in [5, 5.41) is 14.1. The Kier molecular flexibility index (Phi) is 6.08. The van der Waals surface area contributed by atoms with E-state index in [2.05, 4.69) is 22.2 Å². The molecule has 0 aromatic carbocycles. The van der Waals surface area contributed by atoms with E-state index < -0.39 is 6.03 Å². The molecule has 2 aromatic rings. The van der Waals surface area contributed by atoms with Crippen molar-refractivity contribution in [1.82, 2.24) is 20.5 Å². The SMILES string of the molecule is C=CCNC(=O)NC(=O)CN1CCN(c2oc(-c3ccco3)nc2C#N)CC1. The third-order valence-electron chi connectivity index (χ3n) is 4.13. The third-order valence-corrected chi connectivity index (χ3v) is 4.13. The van der Waals surface area contributed by atoms with Gasteiger partial charge in [-0.05, 0) is 12.1 Å². The van der Waals surface area contributed by atoms with Gasteiger partial charge in [0.1, 0.15) is 6.07 Å². The molecule has 146 valence electrons. The molecule has 0 radical (unpaired) electrons. The first-order valence-corrected chi connectivity index (χ1v) is 8.71. The number of imide groups is 1. The molecule has 0 spiro atoms. The van der Waals surface area contributed by atoms with Gasteiger partial charge in [0, 0.05) is 32.7 Å². The topological polar surface area (TPSA) is 128 Å². The maximum atomic E-state index is 11.9. The first-order valence-electron chi connectivity index (χ1n) is 8.71. The summed E-state index contributed by atoms with van der Waals surface area (Å²) in [5.74, 6) is 0.714. The van der Waals surface area contributed by atoms with Crippen LogP contribution in [-0.2, 0) is 4.79 Å². The molecule has 0 saturated carbocycles. The Balaban J connectivity index is 1.54. The van der Waals surface area contributed by atoms with Crippen LogP contribution in [0.3, 0.4) is 0 Å². The van der Waals surface area contributed by atoms with Crippen molar-refractivity contribution in [3.8, 4) is 17.7 Å². The predicted octanol–water partition coefficient (Wildman–Crippen LogP) is 0.940. The third kappa shape index (κ3) is 4.57. The normalized spacial score (nSPS) is 14.3. The maximum Gasteiger partial charge on any atom is 0.321 e. The van der Waals surface area contributed by atoms with Gasteiger partial charge in [-0.2, -0.15) is 10.2 Å². The highest BCUT2D eigenvalue weighted by molar-refractivity contribution is 5.95. The van der Waals surface area contributed by atoms with Crippen molar-refractivity contribution in [3.63, 3.8) is 0 Å². The van der Waals surface area contributed by atoms with Crippen LogP contribution >= 0.6 is 0 Å². The summed E-state index contributed by atoms with van der Waals surface area (Å²) in [6, 6.07) is 4.91. The molecule has 28 heavy (non-hydrogen) atoms. The minimum absolute atomic E-state index is 0.106. The lowest BCUT2D eigenvalue weighted by atomic mass is 10.3. The number of furan rings is 1. The second kappa shape index (κ2) is 8.88. The van der Waals surface area contributed by atoms with E-state index >= 15 is 0 Å². The fourth-order valence-electron chi connectivity index (χ4n) is 2.79. The van der Waals surface area contributed by atoms with Crippen molar-refractivity contribution in [2.24, 2.45) is 0 Å². The van der Waals surface area contributed by atoms with Crippen LogP contribution in [-0.4, -0.2) is 61.1 Å². The number of oxazole rings is 1. The molecule has 0 atom stereocenters. The molecule has 2 N–H and O–H groups in total. The summed E-state index contributed by atoms with van der Waals surface area (Å²) in [6.45, 7) is 6.13. The average molecular weight is 384 g/mol. The van der Waals surface area contributed by atoms with Crippen LogP contribution in [0.15, 0.2) is 39.9 Å². The molecule has 0 aliphatic carbocycles. The zero-order chi connectivity index (χ0) is 19.9. The van der Waals surface area contributed by atoms with Gasteiger partial charge >= 0.3 is 6.03 Å². The number of nitriles is 1. The molecule has 0 unspecified atom stereocenters. The van der Waals surface area contributed by atoms with Crippen molar-refractivity contribution >= 4 is 17.8 Å². The molecule has 1 fully saturated rings. The van der Waals surface area contributed by atoms with Gasteiger partial charge in [0.2, 0.25) is 17.5 Å².